The van der Waals surface area contributed by atoms with Gasteiger partial charge in [0.2, 0.25) is 11.7 Å². The predicted octanol–water partition coefficient (Wildman–Crippen LogP) is 3.13. The maximum absolute atomic E-state index is 11.5. The minimum atomic E-state index is -0.201. The lowest BCUT2D eigenvalue weighted by molar-refractivity contribution is -0.114. The third kappa shape index (κ3) is 3.93. The highest BCUT2D eigenvalue weighted by Gasteiger charge is 2.19. The molecule has 2 N–H and O–H groups in total. The zero-order valence-electron chi connectivity index (χ0n) is 16.8. The Morgan fingerprint density at radius 2 is 1.55 bits per heavy atom. The van der Waals surface area contributed by atoms with Crippen LogP contribution in [0.25, 0.3) is 22.5 Å². The Balaban J connectivity index is 2.12. The number of rotatable bonds is 7. The van der Waals surface area contributed by atoms with Gasteiger partial charge in [-0.05, 0) is 30.3 Å². The average Bonchev–Trinajstić information content (AvgIpc) is 3.22. The SMILES string of the molecule is COc1ccc(-c2[nH]nnc2-c2cc(OC)c(OC)c(OC)c2)cc1NC(C)=O. The molecule has 0 saturated heterocycles. The number of nitrogens with one attached hydrogen (secondary N) is 2. The minimum Gasteiger partial charge on any atom is -0.495 e. The lowest BCUT2D eigenvalue weighted by atomic mass is 10.0. The number of ether oxygens (including phenoxy) is 4. The Bertz CT molecular complexity index is 1010. The van der Waals surface area contributed by atoms with E-state index < -0.39 is 0 Å². The van der Waals surface area contributed by atoms with Gasteiger partial charge in [0.1, 0.15) is 11.4 Å². The van der Waals surface area contributed by atoms with Crippen LogP contribution >= 0.6 is 0 Å². The highest BCUT2D eigenvalue weighted by atomic mass is 16.5. The normalized spacial score (nSPS) is 10.4. The molecule has 0 radical (unpaired) electrons. The van der Waals surface area contributed by atoms with Gasteiger partial charge in [0.15, 0.2) is 11.5 Å². The average molecular weight is 398 g/mol. The van der Waals surface area contributed by atoms with Crippen LogP contribution in [0.5, 0.6) is 23.0 Å². The molecule has 0 atom stereocenters. The van der Waals surface area contributed by atoms with Gasteiger partial charge in [-0.2, -0.15) is 0 Å². The molecule has 2 aromatic carbocycles. The van der Waals surface area contributed by atoms with Crippen molar-refractivity contribution in [2.24, 2.45) is 0 Å². The third-order valence-electron chi connectivity index (χ3n) is 4.29. The number of hydrogen-bond donors (Lipinski definition) is 2. The number of methoxy groups -OCH3 is 4. The van der Waals surface area contributed by atoms with Gasteiger partial charge in [-0.1, -0.05) is 5.21 Å². The van der Waals surface area contributed by atoms with Gasteiger partial charge in [-0.15, -0.1) is 5.10 Å². The first-order valence-electron chi connectivity index (χ1n) is 8.69. The molecule has 3 aromatic rings. The number of hydrogen-bond acceptors (Lipinski definition) is 7. The first kappa shape index (κ1) is 20.0. The summed E-state index contributed by atoms with van der Waals surface area (Å²) in [5.41, 5.74) is 3.28. The molecular formula is C20H22N4O5. The van der Waals surface area contributed by atoms with Gasteiger partial charge in [0.05, 0.1) is 39.8 Å². The fourth-order valence-electron chi connectivity index (χ4n) is 3.00. The number of aromatic amines is 1. The fourth-order valence-corrected chi connectivity index (χ4v) is 3.00. The molecule has 0 saturated carbocycles. The van der Waals surface area contributed by atoms with Gasteiger partial charge < -0.3 is 24.3 Å². The molecule has 0 unspecified atom stereocenters. The van der Waals surface area contributed by atoms with Gasteiger partial charge in [0.25, 0.3) is 0 Å². The van der Waals surface area contributed by atoms with Crippen molar-refractivity contribution < 1.29 is 23.7 Å². The molecule has 1 aromatic heterocycles. The van der Waals surface area contributed by atoms with Crippen LogP contribution in [-0.2, 0) is 4.79 Å². The molecule has 3 rings (SSSR count). The van der Waals surface area contributed by atoms with E-state index in [0.717, 1.165) is 11.1 Å². The van der Waals surface area contributed by atoms with Gasteiger partial charge >= 0.3 is 0 Å². The maximum Gasteiger partial charge on any atom is 0.221 e. The van der Waals surface area contributed by atoms with E-state index in [9.17, 15) is 4.79 Å². The standard InChI is InChI=1S/C20H22N4O5/c1-11(25)21-14-8-12(6-7-15(14)26-2)18-19(23-24-22-18)13-9-16(27-3)20(29-5)17(10-13)28-4/h6-10H,1-5H3,(H,21,25)(H,22,23,24). The molecule has 29 heavy (non-hydrogen) atoms. The highest BCUT2D eigenvalue weighted by Crippen LogP contribution is 2.42. The second kappa shape index (κ2) is 8.51. The van der Waals surface area contributed by atoms with Crippen LogP contribution in [0.3, 0.4) is 0 Å². The van der Waals surface area contributed by atoms with E-state index in [-0.39, 0.29) is 5.91 Å². The summed E-state index contributed by atoms with van der Waals surface area (Å²) in [5.74, 6) is 1.84. The molecule has 152 valence electrons. The first-order valence-corrected chi connectivity index (χ1v) is 8.69. The van der Waals surface area contributed by atoms with Crippen LogP contribution in [0.2, 0.25) is 0 Å². The molecule has 9 heteroatoms. The van der Waals surface area contributed by atoms with Crippen molar-refractivity contribution in [2.45, 2.75) is 6.92 Å². The number of carbonyl (C=O) groups is 1. The number of aromatic nitrogens is 3. The van der Waals surface area contributed by atoms with Crippen molar-refractivity contribution in [1.29, 1.82) is 0 Å². The van der Waals surface area contributed by atoms with E-state index in [1.807, 2.05) is 6.07 Å². The van der Waals surface area contributed by atoms with Crippen LogP contribution in [0.15, 0.2) is 30.3 Å². The van der Waals surface area contributed by atoms with Gasteiger partial charge in [0, 0.05) is 18.1 Å². The lowest BCUT2D eigenvalue weighted by Crippen LogP contribution is -2.07. The van der Waals surface area contributed by atoms with Gasteiger partial charge in [-0.25, -0.2) is 0 Å². The van der Waals surface area contributed by atoms with Crippen molar-refractivity contribution in [2.75, 3.05) is 33.8 Å². The van der Waals surface area contributed by atoms with Crippen molar-refractivity contribution >= 4 is 11.6 Å². The first-order chi connectivity index (χ1) is 14.0. The molecule has 0 bridgehead atoms. The summed E-state index contributed by atoms with van der Waals surface area (Å²) in [5, 5.41) is 13.9. The summed E-state index contributed by atoms with van der Waals surface area (Å²) < 4.78 is 21.5. The second-order valence-electron chi connectivity index (χ2n) is 6.05. The molecule has 9 nitrogen and oxygen atoms in total. The smallest absolute Gasteiger partial charge is 0.221 e. The van der Waals surface area contributed by atoms with Crippen molar-refractivity contribution in [3.63, 3.8) is 0 Å². The molecule has 0 fully saturated rings. The summed E-state index contributed by atoms with van der Waals surface area (Å²) >= 11 is 0. The van der Waals surface area contributed by atoms with Crippen LogP contribution < -0.4 is 24.3 Å². The highest BCUT2D eigenvalue weighted by molar-refractivity contribution is 5.92. The molecule has 0 aliphatic heterocycles. The maximum atomic E-state index is 11.5. The summed E-state index contributed by atoms with van der Waals surface area (Å²) in [6.45, 7) is 1.44. The number of H-pyrrole nitrogens is 1. The summed E-state index contributed by atoms with van der Waals surface area (Å²) in [6, 6.07) is 8.99. The third-order valence-corrected chi connectivity index (χ3v) is 4.29. The Morgan fingerprint density at radius 1 is 0.897 bits per heavy atom. The van der Waals surface area contributed by atoms with Crippen LogP contribution in [0, 0.1) is 0 Å². The number of anilines is 1. The van der Waals surface area contributed by atoms with Crippen LogP contribution in [-0.4, -0.2) is 49.8 Å². The lowest BCUT2D eigenvalue weighted by Gasteiger charge is -2.14. The molecule has 0 spiro atoms. The second-order valence-corrected chi connectivity index (χ2v) is 6.05. The van der Waals surface area contributed by atoms with E-state index in [1.165, 1.54) is 6.92 Å². The zero-order valence-corrected chi connectivity index (χ0v) is 16.8. The Kier molecular flexibility index (Phi) is 5.87. The largest absolute Gasteiger partial charge is 0.495 e. The summed E-state index contributed by atoms with van der Waals surface area (Å²) in [4.78, 5) is 11.5. The topological polar surface area (TPSA) is 108 Å². The number of benzene rings is 2. The van der Waals surface area contributed by atoms with Gasteiger partial charge in [-0.3, -0.25) is 9.89 Å². The molecule has 0 aliphatic rings. The zero-order chi connectivity index (χ0) is 21.0. The summed E-state index contributed by atoms with van der Waals surface area (Å²) in [6.07, 6.45) is 0. The van der Waals surface area contributed by atoms with Crippen LogP contribution in [0.4, 0.5) is 5.69 Å². The Hall–Kier alpha value is -3.75. The molecular weight excluding hydrogens is 376 g/mol. The van der Waals surface area contributed by atoms with E-state index >= 15 is 0 Å². The molecule has 1 heterocycles. The predicted molar refractivity (Wildman–Crippen MR) is 108 cm³/mol. The van der Waals surface area contributed by atoms with Crippen molar-refractivity contribution in [3.8, 4) is 45.5 Å². The fraction of sp³-hybridized carbons (Fsp3) is 0.250. The van der Waals surface area contributed by atoms with Crippen molar-refractivity contribution in [3.05, 3.63) is 30.3 Å². The number of carbonyl (C=O) groups excluding carboxylic acids is 1. The number of nitrogens with zero attached hydrogens (tertiary/aromatic N) is 2. The molecule has 0 aliphatic carbocycles. The van der Waals surface area contributed by atoms with Crippen molar-refractivity contribution in [1.82, 2.24) is 15.4 Å². The minimum absolute atomic E-state index is 0.201. The van der Waals surface area contributed by atoms with E-state index in [4.69, 9.17) is 18.9 Å². The summed E-state index contributed by atoms with van der Waals surface area (Å²) in [7, 11) is 6.18. The van der Waals surface area contributed by atoms with E-state index in [0.29, 0.717) is 40.1 Å². The van der Waals surface area contributed by atoms with E-state index in [2.05, 4.69) is 20.7 Å². The van der Waals surface area contributed by atoms with Crippen LogP contribution in [0.1, 0.15) is 6.92 Å². The van der Waals surface area contributed by atoms with E-state index in [1.54, 1.807) is 52.7 Å². The monoisotopic (exact) mass is 398 g/mol. The Morgan fingerprint density at radius 3 is 2.10 bits per heavy atom. The quantitative estimate of drug-likeness (QED) is 0.629. The molecule has 1 amide bonds. The Labute approximate surface area is 167 Å². The number of amides is 1.